The van der Waals surface area contributed by atoms with E-state index < -0.39 is 0 Å². The highest BCUT2D eigenvalue weighted by molar-refractivity contribution is 6.31. The number of aromatic nitrogens is 3. The number of pyridine rings is 1. The van der Waals surface area contributed by atoms with Crippen molar-refractivity contribution in [3.63, 3.8) is 0 Å². The van der Waals surface area contributed by atoms with E-state index in [1.807, 2.05) is 25.1 Å². The van der Waals surface area contributed by atoms with Gasteiger partial charge in [-0.05, 0) is 26.0 Å². The summed E-state index contributed by atoms with van der Waals surface area (Å²) in [6, 6.07) is 5.72. The Hall–Kier alpha value is -1.42. The molecule has 0 saturated heterocycles. The minimum Gasteiger partial charge on any atom is -0.340 e. The lowest BCUT2D eigenvalue weighted by Gasteiger charge is -1.95. The number of nitrogens with zero attached hydrogens (tertiary/aromatic N) is 3. The average Bonchev–Trinajstić information content (AvgIpc) is 2.49. The van der Waals surface area contributed by atoms with E-state index in [0.717, 1.165) is 16.1 Å². The number of rotatable bonds is 0. The lowest BCUT2D eigenvalue weighted by atomic mass is 10.5. The van der Waals surface area contributed by atoms with Gasteiger partial charge in [-0.2, -0.15) is 0 Å². The van der Waals surface area contributed by atoms with Crippen LogP contribution in [0, 0.1) is 13.8 Å². The highest BCUT2D eigenvalue weighted by Gasteiger charge is 2.00. The summed E-state index contributed by atoms with van der Waals surface area (Å²) in [4.78, 5) is 8.09. The van der Waals surface area contributed by atoms with Crippen molar-refractivity contribution in [3.8, 4) is 0 Å². The zero-order chi connectivity index (χ0) is 11.3. The summed E-state index contributed by atoms with van der Waals surface area (Å²) in [5, 5.41) is 1.40. The van der Waals surface area contributed by atoms with Gasteiger partial charge in [0.15, 0.2) is 0 Å². The molecule has 2 aromatic heterocycles. The summed E-state index contributed by atoms with van der Waals surface area (Å²) in [6.45, 7) is 4.10. The molecule has 2 aromatic rings. The van der Waals surface area contributed by atoms with Crippen LogP contribution in [0.1, 0.15) is 11.5 Å². The molecule has 0 saturated carbocycles. The third kappa shape index (κ3) is 3.32. The summed E-state index contributed by atoms with van der Waals surface area (Å²) >= 11 is 0. The smallest absolute Gasteiger partial charge is 0.105 e. The molecule has 4 heteroatoms. The van der Waals surface area contributed by atoms with Gasteiger partial charge in [-0.3, -0.25) is 4.98 Å². The van der Waals surface area contributed by atoms with Crippen LogP contribution in [0.5, 0.6) is 0 Å². The van der Waals surface area contributed by atoms with Crippen molar-refractivity contribution in [2.75, 3.05) is 0 Å². The van der Waals surface area contributed by atoms with Gasteiger partial charge in [-0.15, -0.1) is 0 Å². The van der Waals surface area contributed by atoms with Crippen molar-refractivity contribution < 1.29 is 0 Å². The second-order valence-electron chi connectivity index (χ2n) is 3.41. The first-order valence-corrected chi connectivity index (χ1v) is 5.94. The largest absolute Gasteiger partial charge is 0.340 e. The molecule has 0 radical (unpaired) electrons. The van der Waals surface area contributed by atoms with Gasteiger partial charge >= 0.3 is 0 Å². The maximum absolute atomic E-state index is 4.31. The Bertz CT molecular complexity index is 360. The van der Waals surface area contributed by atoms with Crippen LogP contribution in [0.3, 0.4) is 0 Å². The van der Waals surface area contributed by atoms with Crippen molar-refractivity contribution in [3.05, 3.63) is 42.1 Å². The van der Waals surface area contributed by atoms with Gasteiger partial charge in [0, 0.05) is 24.8 Å². The molecule has 0 amide bonds. The van der Waals surface area contributed by atoms with E-state index in [4.69, 9.17) is 0 Å². The second kappa shape index (κ2) is 5.46. The summed E-state index contributed by atoms with van der Waals surface area (Å²) in [6.07, 6.45) is 3.50. The molecule has 0 aliphatic rings. The van der Waals surface area contributed by atoms with E-state index in [1.165, 1.54) is 11.0 Å². The number of hydrogen-bond acceptors (Lipinski definition) is 2. The molecular weight excluding hydrogens is 202 g/mol. The molecule has 0 N–H and O–H groups in total. The standard InChI is InChI=1S/C6H12N2Si.C5H5N/c1-4-6(9)8(3)5(2)7-4;1-2-4-6-5-3-1/h1-3,9H3;1-5H. The van der Waals surface area contributed by atoms with Crippen LogP contribution >= 0.6 is 0 Å². The molecule has 3 nitrogen and oxygen atoms in total. The van der Waals surface area contributed by atoms with E-state index in [-0.39, 0.29) is 0 Å². The average molecular weight is 219 g/mol. The first-order chi connectivity index (χ1) is 7.13. The lowest BCUT2D eigenvalue weighted by Crippen LogP contribution is -2.16. The SMILES string of the molecule is Cc1nc(C)n(C)c1[SiH3].c1ccncc1. The van der Waals surface area contributed by atoms with Gasteiger partial charge in [-0.1, -0.05) is 6.07 Å². The van der Waals surface area contributed by atoms with Crippen LogP contribution in [0.25, 0.3) is 0 Å². The maximum Gasteiger partial charge on any atom is 0.105 e. The van der Waals surface area contributed by atoms with Crippen molar-refractivity contribution >= 4 is 15.6 Å². The molecule has 80 valence electrons. The van der Waals surface area contributed by atoms with E-state index >= 15 is 0 Å². The van der Waals surface area contributed by atoms with Crippen LogP contribution in [0.15, 0.2) is 30.6 Å². The normalized spacial score (nSPS) is 9.53. The molecule has 0 spiro atoms. The second-order valence-corrected chi connectivity index (χ2v) is 4.36. The van der Waals surface area contributed by atoms with Crippen molar-refractivity contribution in [2.24, 2.45) is 7.05 Å². The zero-order valence-corrected chi connectivity index (χ0v) is 11.7. The fourth-order valence-electron chi connectivity index (χ4n) is 1.20. The molecule has 0 fully saturated rings. The molecule has 15 heavy (non-hydrogen) atoms. The molecule has 0 unspecified atom stereocenters. The lowest BCUT2D eigenvalue weighted by molar-refractivity contribution is 0.878. The molecular formula is C11H17N3Si. The quantitative estimate of drug-likeness (QED) is 0.589. The predicted octanol–water partition coefficient (Wildman–Crippen LogP) is 0.109. The molecule has 0 aromatic carbocycles. The Morgan fingerprint density at radius 3 is 1.87 bits per heavy atom. The summed E-state index contributed by atoms with van der Waals surface area (Å²) < 4.78 is 2.15. The van der Waals surface area contributed by atoms with Crippen molar-refractivity contribution in [2.45, 2.75) is 13.8 Å². The van der Waals surface area contributed by atoms with Crippen LogP contribution in [0.2, 0.25) is 0 Å². The monoisotopic (exact) mass is 219 g/mol. The third-order valence-corrected chi connectivity index (χ3v) is 3.80. The van der Waals surface area contributed by atoms with Gasteiger partial charge < -0.3 is 4.57 Å². The highest BCUT2D eigenvalue weighted by Crippen LogP contribution is 1.92. The Balaban J connectivity index is 0.000000162. The summed E-state index contributed by atoms with van der Waals surface area (Å²) in [7, 11) is 3.17. The van der Waals surface area contributed by atoms with Gasteiger partial charge in [0.2, 0.25) is 0 Å². The van der Waals surface area contributed by atoms with Crippen LogP contribution < -0.4 is 5.32 Å². The third-order valence-electron chi connectivity index (χ3n) is 2.41. The topological polar surface area (TPSA) is 30.7 Å². The zero-order valence-electron chi connectivity index (χ0n) is 9.73. The number of imidazole rings is 1. The van der Waals surface area contributed by atoms with E-state index in [2.05, 4.69) is 28.5 Å². The minimum absolute atomic E-state index is 1.10. The first-order valence-electron chi connectivity index (χ1n) is 4.94. The van der Waals surface area contributed by atoms with E-state index in [0.29, 0.717) is 0 Å². The van der Waals surface area contributed by atoms with Crippen LogP contribution in [-0.2, 0) is 7.05 Å². The summed E-state index contributed by atoms with van der Waals surface area (Å²) in [5.41, 5.74) is 1.20. The van der Waals surface area contributed by atoms with Gasteiger partial charge in [-0.25, -0.2) is 4.98 Å². The fraction of sp³-hybridized carbons (Fsp3) is 0.273. The molecule has 2 rings (SSSR count). The molecule has 0 bridgehead atoms. The van der Waals surface area contributed by atoms with E-state index in [9.17, 15) is 0 Å². The Labute approximate surface area is 93.6 Å². The van der Waals surface area contributed by atoms with Crippen LogP contribution in [0.4, 0.5) is 0 Å². The number of aryl methyl sites for hydroxylation is 2. The van der Waals surface area contributed by atoms with Crippen LogP contribution in [-0.4, -0.2) is 24.8 Å². The van der Waals surface area contributed by atoms with Gasteiger partial charge in [0.25, 0.3) is 0 Å². The number of hydrogen-bond donors (Lipinski definition) is 0. The fourth-order valence-corrected chi connectivity index (χ4v) is 1.63. The Morgan fingerprint density at radius 2 is 1.73 bits per heavy atom. The molecule has 0 aliphatic heterocycles. The molecule has 0 aliphatic carbocycles. The molecule has 2 heterocycles. The Kier molecular flexibility index (Phi) is 4.24. The van der Waals surface area contributed by atoms with E-state index in [1.54, 1.807) is 12.4 Å². The maximum atomic E-state index is 4.31. The van der Waals surface area contributed by atoms with Crippen molar-refractivity contribution in [1.29, 1.82) is 0 Å². The first kappa shape index (κ1) is 11.7. The Morgan fingerprint density at radius 1 is 1.13 bits per heavy atom. The molecule has 0 atom stereocenters. The predicted molar refractivity (Wildman–Crippen MR) is 66.5 cm³/mol. The van der Waals surface area contributed by atoms with Gasteiger partial charge in [0.05, 0.1) is 15.9 Å². The highest BCUT2D eigenvalue weighted by atomic mass is 28.1. The van der Waals surface area contributed by atoms with Gasteiger partial charge in [0.1, 0.15) is 5.82 Å². The summed E-state index contributed by atoms with van der Waals surface area (Å²) in [5.74, 6) is 1.12. The van der Waals surface area contributed by atoms with Crippen molar-refractivity contribution in [1.82, 2.24) is 14.5 Å². The minimum atomic E-state index is 1.10.